The minimum atomic E-state index is -0.816. The second-order valence-electron chi connectivity index (χ2n) is 7.88. The van der Waals surface area contributed by atoms with Crippen LogP contribution in [-0.2, 0) is 11.3 Å². The molecule has 144 valence electrons. The van der Waals surface area contributed by atoms with Crippen LogP contribution < -0.4 is 0 Å². The lowest BCUT2D eigenvalue weighted by molar-refractivity contribution is -0.143. The van der Waals surface area contributed by atoms with Gasteiger partial charge in [-0.1, -0.05) is 30.3 Å². The second-order valence-corrected chi connectivity index (χ2v) is 8.87. The number of aliphatic hydroxyl groups is 1. The van der Waals surface area contributed by atoms with E-state index in [0.29, 0.717) is 11.8 Å². The normalized spacial score (nSPS) is 21.7. The number of likely N-dealkylation sites (tertiary alicyclic amines) is 2. The average molecular weight is 377 g/mol. The van der Waals surface area contributed by atoms with Gasteiger partial charge in [-0.3, -0.25) is 9.69 Å². The van der Waals surface area contributed by atoms with E-state index in [0.717, 1.165) is 51.3 Å². The Hall–Kier alpha value is -1.04. The van der Waals surface area contributed by atoms with Gasteiger partial charge in [0.2, 0.25) is 0 Å². The number of hydrogen-bond donors (Lipinski definition) is 1. The average Bonchev–Trinajstić information content (AvgIpc) is 2.69. The topological polar surface area (TPSA) is 43.8 Å². The van der Waals surface area contributed by atoms with Crippen molar-refractivity contribution in [3.05, 3.63) is 35.9 Å². The van der Waals surface area contributed by atoms with Crippen LogP contribution in [0.1, 0.15) is 37.7 Å². The van der Waals surface area contributed by atoms with Gasteiger partial charge in [-0.05, 0) is 68.2 Å². The van der Waals surface area contributed by atoms with Gasteiger partial charge < -0.3 is 10.0 Å². The standard InChI is InChI=1S/C21H32N2O2S/c1-26-16-7-19(24)20(25)23-14-10-21(11-15-23)8-12-22(13-9-21)17-18-5-3-2-4-6-18/h2-6,19,24H,7-17H2,1H3. The highest BCUT2D eigenvalue weighted by molar-refractivity contribution is 7.98. The van der Waals surface area contributed by atoms with E-state index in [4.69, 9.17) is 0 Å². The number of piperidine rings is 2. The van der Waals surface area contributed by atoms with Crippen molar-refractivity contribution in [1.29, 1.82) is 0 Å². The van der Waals surface area contributed by atoms with E-state index in [9.17, 15) is 9.90 Å². The predicted molar refractivity (Wildman–Crippen MR) is 108 cm³/mol. The summed E-state index contributed by atoms with van der Waals surface area (Å²) in [6, 6.07) is 10.7. The molecule has 2 heterocycles. The smallest absolute Gasteiger partial charge is 0.251 e. The maximum absolute atomic E-state index is 12.4. The van der Waals surface area contributed by atoms with Crippen LogP contribution in [0.25, 0.3) is 0 Å². The maximum Gasteiger partial charge on any atom is 0.251 e. The lowest BCUT2D eigenvalue weighted by Gasteiger charge is -2.47. The quantitative estimate of drug-likeness (QED) is 0.829. The lowest BCUT2D eigenvalue weighted by Crippen LogP contribution is -2.50. The highest BCUT2D eigenvalue weighted by Crippen LogP contribution is 2.41. The van der Waals surface area contributed by atoms with Crippen LogP contribution in [0.15, 0.2) is 30.3 Å². The largest absolute Gasteiger partial charge is 0.383 e. The zero-order valence-electron chi connectivity index (χ0n) is 15.9. The first kappa shape index (κ1) is 19.7. The molecular formula is C21H32N2O2S. The third-order valence-corrected chi connectivity index (χ3v) is 6.83. The molecule has 2 aliphatic rings. The third kappa shape index (κ3) is 5.02. The number of thioether (sulfide) groups is 1. The van der Waals surface area contributed by atoms with Crippen molar-refractivity contribution in [2.45, 2.75) is 44.8 Å². The fourth-order valence-electron chi connectivity index (χ4n) is 4.29. The summed E-state index contributed by atoms with van der Waals surface area (Å²) in [7, 11) is 0. The summed E-state index contributed by atoms with van der Waals surface area (Å²) in [6.07, 6.45) is 6.40. The van der Waals surface area contributed by atoms with Gasteiger partial charge in [0.15, 0.2) is 0 Å². The summed E-state index contributed by atoms with van der Waals surface area (Å²) in [5, 5.41) is 10.1. The summed E-state index contributed by atoms with van der Waals surface area (Å²) in [4.78, 5) is 16.8. The van der Waals surface area contributed by atoms with Crippen LogP contribution >= 0.6 is 11.8 Å². The summed E-state index contributed by atoms with van der Waals surface area (Å²) >= 11 is 1.68. The molecule has 26 heavy (non-hydrogen) atoms. The molecule has 0 bridgehead atoms. The zero-order valence-corrected chi connectivity index (χ0v) is 16.7. The predicted octanol–water partition coefficient (Wildman–Crippen LogP) is 3.01. The number of nitrogens with zero attached hydrogens (tertiary/aromatic N) is 2. The Labute approximate surface area is 161 Å². The minimum Gasteiger partial charge on any atom is -0.383 e. The summed E-state index contributed by atoms with van der Waals surface area (Å²) < 4.78 is 0. The summed E-state index contributed by atoms with van der Waals surface area (Å²) in [5.74, 6) is 0.775. The molecule has 5 heteroatoms. The maximum atomic E-state index is 12.4. The van der Waals surface area contributed by atoms with Gasteiger partial charge in [0.1, 0.15) is 6.10 Å². The number of benzene rings is 1. The van der Waals surface area contributed by atoms with Crippen LogP contribution in [0, 0.1) is 5.41 Å². The van der Waals surface area contributed by atoms with E-state index in [1.54, 1.807) is 11.8 Å². The number of rotatable bonds is 6. The molecule has 1 aromatic carbocycles. The first-order chi connectivity index (χ1) is 12.6. The molecule has 4 nitrogen and oxygen atoms in total. The van der Waals surface area contributed by atoms with E-state index in [1.165, 1.54) is 18.4 Å². The Morgan fingerprint density at radius 3 is 2.35 bits per heavy atom. The third-order valence-electron chi connectivity index (χ3n) is 6.18. The molecule has 2 fully saturated rings. The molecule has 1 atom stereocenters. The summed E-state index contributed by atoms with van der Waals surface area (Å²) in [5.41, 5.74) is 1.80. The molecule has 1 N–H and O–H groups in total. The Kier molecular flexibility index (Phi) is 7.01. The Bertz CT molecular complexity index is 563. The fraction of sp³-hybridized carbons (Fsp3) is 0.667. The van der Waals surface area contributed by atoms with E-state index >= 15 is 0 Å². The van der Waals surface area contributed by atoms with Gasteiger partial charge in [-0.25, -0.2) is 0 Å². The van der Waals surface area contributed by atoms with Crippen LogP contribution in [0.2, 0.25) is 0 Å². The number of hydrogen-bond acceptors (Lipinski definition) is 4. The van der Waals surface area contributed by atoms with Crippen molar-refractivity contribution in [3.63, 3.8) is 0 Å². The highest BCUT2D eigenvalue weighted by atomic mass is 32.2. The molecule has 0 radical (unpaired) electrons. The van der Waals surface area contributed by atoms with Crippen molar-refractivity contribution < 1.29 is 9.90 Å². The summed E-state index contributed by atoms with van der Waals surface area (Å²) in [6.45, 7) is 4.98. The molecular weight excluding hydrogens is 344 g/mol. The lowest BCUT2D eigenvalue weighted by atomic mass is 9.71. The molecule has 0 saturated carbocycles. The molecule has 2 saturated heterocycles. The van der Waals surface area contributed by atoms with Gasteiger partial charge in [-0.15, -0.1) is 0 Å². The van der Waals surface area contributed by atoms with Crippen molar-refractivity contribution in [2.24, 2.45) is 5.41 Å². The van der Waals surface area contributed by atoms with Crippen molar-refractivity contribution in [2.75, 3.05) is 38.2 Å². The van der Waals surface area contributed by atoms with Crippen molar-refractivity contribution in [1.82, 2.24) is 9.80 Å². The van der Waals surface area contributed by atoms with Gasteiger partial charge in [0, 0.05) is 19.6 Å². The van der Waals surface area contributed by atoms with Crippen LogP contribution in [0.3, 0.4) is 0 Å². The number of aliphatic hydroxyl groups excluding tert-OH is 1. The van der Waals surface area contributed by atoms with Crippen molar-refractivity contribution in [3.8, 4) is 0 Å². The molecule has 0 aliphatic carbocycles. The fourth-order valence-corrected chi connectivity index (χ4v) is 4.75. The Morgan fingerprint density at radius 1 is 1.12 bits per heavy atom. The first-order valence-electron chi connectivity index (χ1n) is 9.84. The highest BCUT2D eigenvalue weighted by Gasteiger charge is 2.39. The number of carbonyl (C=O) groups excluding carboxylic acids is 1. The molecule has 1 aromatic rings. The first-order valence-corrected chi connectivity index (χ1v) is 11.2. The Balaban J connectivity index is 1.44. The second kappa shape index (κ2) is 9.25. The molecule has 2 aliphatic heterocycles. The molecule has 1 unspecified atom stereocenters. The van der Waals surface area contributed by atoms with Crippen LogP contribution in [0.5, 0.6) is 0 Å². The van der Waals surface area contributed by atoms with Gasteiger partial charge >= 0.3 is 0 Å². The van der Waals surface area contributed by atoms with Crippen molar-refractivity contribution >= 4 is 17.7 Å². The van der Waals surface area contributed by atoms with E-state index in [2.05, 4.69) is 35.2 Å². The van der Waals surface area contributed by atoms with E-state index in [1.807, 2.05) is 11.2 Å². The molecule has 3 rings (SSSR count). The van der Waals surface area contributed by atoms with Gasteiger partial charge in [-0.2, -0.15) is 11.8 Å². The Morgan fingerprint density at radius 2 is 1.73 bits per heavy atom. The van der Waals surface area contributed by atoms with Gasteiger partial charge in [0.25, 0.3) is 5.91 Å². The molecule has 0 aromatic heterocycles. The number of carbonyl (C=O) groups is 1. The van der Waals surface area contributed by atoms with Crippen LogP contribution in [0.4, 0.5) is 0 Å². The monoisotopic (exact) mass is 376 g/mol. The van der Waals surface area contributed by atoms with Gasteiger partial charge in [0.05, 0.1) is 0 Å². The zero-order chi connectivity index (χ0) is 18.4. The molecule has 1 spiro atoms. The van der Waals surface area contributed by atoms with Crippen LogP contribution in [-0.4, -0.2) is 65.1 Å². The van der Waals surface area contributed by atoms with E-state index < -0.39 is 6.10 Å². The minimum absolute atomic E-state index is 0.0598. The SMILES string of the molecule is CSCCC(O)C(=O)N1CCC2(CCN(Cc3ccccc3)CC2)CC1. The molecule has 1 amide bonds. The van der Waals surface area contributed by atoms with E-state index in [-0.39, 0.29) is 5.91 Å². The number of amides is 1.